The summed E-state index contributed by atoms with van der Waals surface area (Å²) < 4.78 is 0.880. The van der Waals surface area contributed by atoms with E-state index in [1.54, 1.807) is 0 Å². The molecule has 1 saturated heterocycles. The molecular formula is C14H19BrN2O. The second kappa shape index (κ2) is 5.41. The van der Waals surface area contributed by atoms with Gasteiger partial charge in [-0.3, -0.25) is 4.79 Å². The van der Waals surface area contributed by atoms with Crippen LogP contribution in [0.4, 0.5) is 0 Å². The number of piperazine rings is 1. The number of halogens is 1. The van der Waals surface area contributed by atoms with Gasteiger partial charge in [0.15, 0.2) is 0 Å². The Morgan fingerprint density at radius 2 is 2.17 bits per heavy atom. The SMILES string of the molecule is Cc1ccc(C(=O)N2CCNC(C)C2C)c(Br)c1. The van der Waals surface area contributed by atoms with E-state index in [4.69, 9.17) is 0 Å². The Hall–Kier alpha value is -0.870. The van der Waals surface area contributed by atoms with Crippen LogP contribution < -0.4 is 5.32 Å². The Bertz CT molecular complexity index is 461. The molecular weight excluding hydrogens is 292 g/mol. The number of nitrogens with zero attached hydrogens (tertiary/aromatic N) is 1. The second-order valence-electron chi connectivity index (χ2n) is 4.97. The summed E-state index contributed by atoms with van der Waals surface area (Å²) in [6.07, 6.45) is 0. The van der Waals surface area contributed by atoms with Crippen molar-refractivity contribution in [1.82, 2.24) is 10.2 Å². The molecule has 0 bridgehead atoms. The molecule has 4 heteroatoms. The Balaban J connectivity index is 2.25. The fourth-order valence-electron chi connectivity index (χ4n) is 2.29. The first-order chi connectivity index (χ1) is 8.50. The van der Waals surface area contributed by atoms with Gasteiger partial charge in [0.05, 0.1) is 5.56 Å². The maximum atomic E-state index is 12.6. The predicted octanol–water partition coefficient (Wildman–Crippen LogP) is 2.58. The Labute approximate surface area is 117 Å². The average Bonchev–Trinajstić information content (AvgIpc) is 2.32. The number of nitrogens with one attached hydrogen (secondary N) is 1. The summed E-state index contributed by atoms with van der Waals surface area (Å²) in [5, 5.41) is 3.39. The molecule has 1 heterocycles. The monoisotopic (exact) mass is 310 g/mol. The number of aryl methyl sites for hydroxylation is 1. The van der Waals surface area contributed by atoms with E-state index >= 15 is 0 Å². The van der Waals surface area contributed by atoms with Crippen LogP contribution in [-0.4, -0.2) is 36.0 Å². The molecule has 0 aliphatic carbocycles. The molecule has 0 spiro atoms. The minimum Gasteiger partial charge on any atom is -0.333 e. The average molecular weight is 311 g/mol. The van der Waals surface area contributed by atoms with Crippen LogP contribution in [0.3, 0.4) is 0 Å². The molecule has 2 rings (SSSR count). The lowest BCUT2D eigenvalue weighted by Crippen LogP contribution is -2.57. The zero-order chi connectivity index (χ0) is 13.3. The summed E-state index contributed by atoms with van der Waals surface area (Å²) in [6, 6.07) is 6.44. The van der Waals surface area contributed by atoms with E-state index in [0.29, 0.717) is 6.04 Å². The van der Waals surface area contributed by atoms with Crippen LogP contribution in [-0.2, 0) is 0 Å². The molecule has 18 heavy (non-hydrogen) atoms. The van der Waals surface area contributed by atoms with Gasteiger partial charge in [0.25, 0.3) is 5.91 Å². The van der Waals surface area contributed by atoms with Crippen molar-refractivity contribution in [2.24, 2.45) is 0 Å². The van der Waals surface area contributed by atoms with Crippen molar-refractivity contribution < 1.29 is 4.79 Å². The topological polar surface area (TPSA) is 32.3 Å². The first kappa shape index (κ1) is 13.6. The fourth-order valence-corrected chi connectivity index (χ4v) is 2.95. The number of rotatable bonds is 1. The van der Waals surface area contributed by atoms with Gasteiger partial charge in [-0.2, -0.15) is 0 Å². The number of carbonyl (C=O) groups is 1. The fraction of sp³-hybridized carbons (Fsp3) is 0.500. The van der Waals surface area contributed by atoms with Crippen molar-refractivity contribution in [2.75, 3.05) is 13.1 Å². The van der Waals surface area contributed by atoms with E-state index < -0.39 is 0 Å². The summed E-state index contributed by atoms with van der Waals surface area (Å²) >= 11 is 3.49. The quantitative estimate of drug-likeness (QED) is 0.864. The molecule has 1 N–H and O–H groups in total. The molecule has 0 aromatic heterocycles. The zero-order valence-corrected chi connectivity index (χ0v) is 12.6. The van der Waals surface area contributed by atoms with E-state index in [0.717, 1.165) is 28.7 Å². The third-order valence-electron chi connectivity index (χ3n) is 3.65. The maximum Gasteiger partial charge on any atom is 0.255 e. The van der Waals surface area contributed by atoms with Crippen molar-refractivity contribution in [3.8, 4) is 0 Å². The summed E-state index contributed by atoms with van der Waals surface area (Å²) in [5.74, 6) is 0.114. The van der Waals surface area contributed by atoms with Crippen LogP contribution in [0.5, 0.6) is 0 Å². The van der Waals surface area contributed by atoms with Gasteiger partial charge in [-0.25, -0.2) is 0 Å². The number of carbonyl (C=O) groups excluding carboxylic acids is 1. The lowest BCUT2D eigenvalue weighted by atomic mass is 10.0. The number of hydrogen-bond donors (Lipinski definition) is 1. The van der Waals surface area contributed by atoms with Crippen LogP contribution in [0.2, 0.25) is 0 Å². The molecule has 1 amide bonds. The first-order valence-electron chi connectivity index (χ1n) is 6.31. The van der Waals surface area contributed by atoms with Crippen molar-refractivity contribution in [1.29, 1.82) is 0 Å². The molecule has 1 aromatic carbocycles. The van der Waals surface area contributed by atoms with Crippen molar-refractivity contribution in [3.05, 3.63) is 33.8 Å². The van der Waals surface area contributed by atoms with Gasteiger partial charge in [0.1, 0.15) is 0 Å². The third-order valence-corrected chi connectivity index (χ3v) is 4.31. The highest BCUT2D eigenvalue weighted by Crippen LogP contribution is 2.22. The van der Waals surface area contributed by atoms with Gasteiger partial charge in [0.2, 0.25) is 0 Å². The van der Waals surface area contributed by atoms with Crippen molar-refractivity contribution >= 4 is 21.8 Å². The molecule has 0 saturated carbocycles. The summed E-state index contributed by atoms with van der Waals surface area (Å²) in [5.41, 5.74) is 1.90. The van der Waals surface area contributed by atoms with E-state index in [9.17, 15) is 4.79 Å². The van der Waals surface area contributed by atoms with Gasteiger partial charge in [-0.15, -0.1) is 0 Å². The smallest absolute Gasteiger partial charge is 0.255 e. The van der Waals surface area contributed by atoms with Gasteiger partial charge in [0, 0.05) is 29.6 Å². The summed E-state index contributed by atoms with van der Waals surface area (Å²) in [4.78, 5) is 14.5. The van der Waals surface area contributed by atoms with E-state index in [2.05, 4.69) is 35.1 Å². The van der Waals surface area contributed by atoms with E-state index in [1.807, 2.05) is 30.0 Å². The molecule has 1 aromatic rings. The van der Waals surface area contributed by atoms with Gasteiger partial charge >= 0.3 is 0 Å². The highest BCUT2D eigenvalue weighted by Gasteiger charge is 2.29. The van der Waals surface area contributed by atoms with E-state index in [-0.39, 0.29) is 11.9 Å². The molecule has 0 radical (unpaired) electrons. The third kappa shape index (κ3) is 2.59. The Morgan fingerprint density at radius 3 is 2.83 bits per heavy atom. The minimum absolute atomic E-state index is 0.114. The lowest BCUT2D eigenvalue weighted by molar-refractivity contribution is 0.0602. The van der Waals surface area contributed by atoms with Crippen molar-refractivity contribution in [3.63, 3.8) is 0 Å². The van der Waals surface area contributed by atoms with Crippen LogP contribution in [0, 0.1) is 6.92 Å². The minimum atomic E-state index is 0.114. The van der Waals surface area contributed by atoms with Gasteiger partial charge in [-0.1, -0.05) is 6.07 Å². The lowest BCUT2D eigenvalue weighted by Gasteiger charge is -2.38. The van der Waals surface area contributed by atoms with Gasteiger partial charge < -0.3 is 10.2 Å². The Kier molecular flexibility index (Phi) is 4.07. The molecule has 3 nitrogen and oxygen atoms in total. The highest BCUT2D eigenvalue weighted by molar-refractivity contribution is 9.10. The molecule has 98 valence electrons. The normalized spacial score (nSPS) is 24.1. The maximum absolute atomic E-state index is 12.6. The standard InChI is InChI=1S/C14H19BrN2O/c1-9-4-5-12(13(15)8-9)14(18)17-7-6-16-10(2)11(17)3/h4-5,8,10-11,16H,6-7H2,1-3H3. The summed E-state index contributed by atoms with van der Waals surface area (Å²) in [6.45, 7) is 7.87. The zero-order valence-electron chi connectivity index (χ0n) is 11.0. The van der Waals surface area contributed by atoms with Crippen molar-refractivity contribution in [2.45, 2.75) is 32.9 Å². The number of amides is 1. The molecule has 2 atom stereocenters. The number of hydrogen-bond acceptors (Lipinski definition) is 2. The molecule has 1 aliphatic heterocycles. The second-order valence-corrected chi connectivity index (χ2v) is 5.82. The number of benzene rings is 1. The molecule has 1 aliphatic rings. The highest BCUT2D eigenvalue weighted by atomic mass is 79.9. The predicted molar refractivity (Wildman–Crippen MR) is 76.8 cm³/mol. The molecule has 2 unspecified atom stereocenters. The van der Waals surface area contributed by atoms with E-state index in [1.165, 1.54) is 0 Å². The largest absolute Gasteiger partial charge is 0.333 e. The van der Waals surface area contributed by atoms with Crippen LogP contribution in [0.1, 0.15) is 29.8 Å². The summed E-state index contributed by atoms with van der Waals surface area (Å²) in [7, 11) is 0. The Morgan fingerprint density at radius 1 is 1.44 bits per heavy atom. The van der Waals surface area contributed by atoms with Crippen LogP contribution >= 0.6 is 15.9 Å². The van der Waals surface area contributed by atoms with Crippen LogP contribution in [0.25, 0.3) is 0 Å². The molecule has 1 fully saturated rings. The van der Waals surface area contributed by atoms with Crippen LogP contribution in [0.15, 0.2) is 22.7 Å². The first-order valence-corrected chi connectivity index (χ1v) is 7.10. The van der Waals surface area contributed by atoms with Gasteiger partial charge in [-0.05, 0) is 54.4 Å².